The van der Waals surface area contributed by atoms with Gasteiger partial charge in [-0.2, -0.15) is 0 Å². The quantitative estimate of drug-likeness (QED) is 0.283. The molecular formula is C24H40. The van der Waals surface area contributed by atoms with E-state index in [0.29, 0.717) is 0 Å². The SMILES string of the molecule is CCCCCCCCC(=Cc1ccccc1)CCCCCCCC. The van der Waals surface area contributed by atoms with Gasteiger partial charge in [0.2, 0.25) is 0 Å². The predicted octanol–water partition coefficient (Wildman–Crippen LogP) is 8.57. The molecule has 0 radical (unpaired) electrons. The number of allylic oxidation sites excluding steroid dienone is 1. The van der Waals surface area contributed by atoms with E-state index in [4.69, 9.17) is 0 Å². The molecule has 0 atom stereocenters. The third-order valence-electron chi connectivity index (χ3n) is 4.87. The summed E-state index contributed by atoms with van der Waals surface area (Å²) in [7, 11) is 0. The van der Waals surface area contributed by atoms with Crippen LogP contribution in [0.5, 0.6) is 0 Å². The predicted molar refractivity (Wildman–Crippen MR) is 110 cm³/mol. The standard InChI is InChI=1S/C24H40/c1-3-5-7-9-11-14-18-23(19-15-12-10-8-6-4-2)22-24-20-16-13-17-21-24/h13,16-17,20-22H,3-12,14-15,18-19H2,1-2H3. The first-order valence-corrected chi connectivity index (χ1v) is 10.6. The fraction of sp³-hybridized carbons (Fsp3) is 0.667. The van der Waals surface area contributed by atoms with Crippen LogP contribution >= 0.6 is 0 Å². The summed E-state index contributed by atoms with van der Waals surface area (Å²) >= 11 is 0. The third kappa shape index (κ3) is 11.5. The second kappa shape index (κ2) is 15.5. The summed E-state index contributed by atoms with van der Waals surface area (Å²) in [5.74, 6) is 0. The second-order valence-electron chi connectivity index (χ2n) is 7.25. The van der Waals surface area contributed by atoms with Crippen LogP contribution < -0.4 is 0 Å². The minimum Gasteiger partial charge on any atom is -0.0696 e. The van der Waals surface area contributed by atoms with E-state index in [2.05, 4.69) is 50.3 Å². The van der Waals surface area contributed by atoms with Gasteiger partial charge in [0.15, 0.2) is 0 Å². The number of benzene rings is 1. The zero-order chi connectivity index (χ0) is 17.3. The molecule has 1 aromatic rings. The highest BCUT2D eigenvalue weighted by molar-refractivity contribution is 5.52. The van der Waals surface area contributed by atoms with Crippen molar-refractivity contribution in [2.45, 2.75) is 104 Å². The molecule has 1 aromatic carbocycles. The lowest BCUT2D eigenvalue weighted by atomic mass is 9.97. The second-order valence-corrected chi connectivity index (χ2v) is 7.25. The lowest BCUT2D eigenvalue weighted by Gasteiger charge is -2.09. The Balaban J connectivity index is 2.34. The van der Waals surface area contributed by atoms with Crippen molar-refractivity contribution >= 4 is 6.08 Å². The molecule has 0 unspecified atom stereocenters. The number of rotatable bonds is 15. The van der Waals surface area contributed by atoms with E-state index in [0.717, 1.165) is 0 Å². The van der Waals surface area contributed by atoms with Crippen LogP contribution in [0.3, 0.4) is 0 Å². The molecule has 0 saturated carbocycles. The van der Waals surface area contributed by atoms with E-state index in [1.54, 1.807) is 5.57 Å². The van der Waals surface area contributed by atoms with E-state index >= 15 is 0 Å². The van der Waals surface area contributed by atoms with Gasteiger partial charge < -0.3 is 0 Å². The van der Waals surface area contributed by atoms with E-state index in [1.165, 1.54) is 95.5 Å². The maximum atomic E-state index is 2.46. The Morgan fingerprint density at radius 2 is 1.08 bits per heavy atom. The van der Waals surface area contributed by atoms with E-state index in [-0.39, 0.29) is 0 Å². The Hall–Kier alpha value is -1.04. The lowest BCUT2D eigenvalue weighted by Crippen LogP contribution is -1.88. The summed E-state index contributed by atoms with van der Waals surface area (Å²) in [4.78, 5) is 0. The van der Waals surface area contributed by atoms with Crippen molar-refractivity contribution in [1.29, 1.82) is 0 Å². The maximum Gasteiger partial charge on any atom is -0.0257 e. The summed E-state index contributed by atoms with van der Waals surface area (Å²) in [6, 6.07) is 10.9. The highest BCUT2D eigenvalue weighted by atomic mass is 14.1. The lowest BCUT2D eigenvalue weighted by molar-refractivity contribution is 0.584. The largest absolute Gasteiger partial charge is 0.0696 e. The molecule has 24 heavy (non-hydrogen) atoms. The normalized spacial score (nSPS) is 10.8. The van der Waals surface area contributed by atoms with Gasteiger partial charge in [0.05, 0.1) is 0 Å². The molecule has 0 saturated heterocycles. The molecule has 0 aliphatic rings. The first kappa shape index (κ1) is 21.0. The molecular weight excluding hydrogens is 288 g/mol. The number of hydrogen-bond acceptors (Lipinski definition) is 0. The molecule has 0 aliphatic carbocycles. The van der Waals surface area contributed by atoms with Crippen LogP contribution in [0, 0.1) is 0 Å². The van der Waals surface area contributed by atoms with Gasteiger partial charge in [-0.1, -0.05) is 120 Å². The molecule has 0 heteroatoms. The fourth-order valence-electron chi connectivity index (χ4n) is 3.32. The Morgan fingerprint density at radius 3 is 1.58 bits per heavy atom. The molecule has 0 aliphatic heterocycles. The third-order valence-corrected chi connectivity index (χ3v) is 4.87. The van der Waals surface area contributed by atoms with Crippen LogP contribution in [-0.2, 0) is 0 Å². The van der Waals surface area contributed by atoms with Crippen molar-refractivity contribution < 1.29 is 0 Å². The monoisotopic (exact) mass is 328 g/mol. The zero-order valence-corrected chi connectivity index (χ0v) is 16.4. The maximum absolute atomic E-state index is 2.46. The molecule has 0 amide bonds. The van der Waals surface area contributed by atoms with Gasteiger partial charge in [0, 0.05) is 0 Å². The average molecular weight is 329 g/mol. The Kier molecular flexibility index (Phi) is 13.6. The highest BCUT2D eigenvalue weighted by Gasteiger charge is 2.00. The zero-order valence-electron chi connectivity index (χ0n) is 16.4. The van der Waals surface area contributed by atoms with Crippen LogP contribution in [0.4, 0.5) is 0 Å². The number of hydrogen-bond donors (Lipinski definition) is 0. The Morgan fingerprint density at radius 1 is 0.625 bits per heavy atom. The topological polar surface area (TPSA) is 0 Å². The molecule has 0 heterocycles. The molecule has 0 nitrogen and oxygen atoms in total. The average Bonchev–Trinajstić information content (AvgIpc) is 2.61. The van der Waals surface area contributed by atoms with Gasteiger partial charge in [-0.15, -0.1) is 0 Å². The number of unbranched alkanes of at least 4 members (excludes halogenated alkanes) is 10. The fourth-order valence-corrected chi connectivity index (χ4v) is 3.32. The van der Waals surface area contributed by atoms with Crippen molar-refractivity contribution in [2.75, 3.05) is 0 Å². The van der Waals surface area contributed by atoms with E-state index < -0.39 is 0 Å². The minimum absolute atomic E-state index is 1.30. The summed E-state index contributed by atoms with van der Waals surface area (Å²) in [5.41, 5.74) is 3.05. The summed E-state index contributed by atoms with van der Waals surface area (Å²) in [6.45, 7) is 4.59. The smallest absolute Gasteiger partial charge is 0.0257 e. The van der Waals surface area contributed by atoms with E-state index in [9.17, 15) is 0 Å². The summed E-state index contributed by atoms with van der Waals surface area (Å²) in [6.07, 6.45) is 21.8. The minimum atomic E-state index is 1.30. The molecule has 136 valence electrons. The Labute approximate surface area is 151 Å². The summed E-state index contributed by atoms with van der Waals surface area (Å²) in [5, 5.41) is 0. The van der Waals surface area contributed by atoms with Crippen LogP contribution in [0.1, 0.15) is 109 Å². The molecule has 0 spiro atoms. The van der Waals surface area contributed by atoms with Crippen LogP contribution in [-0.4, -0.2) is 0 Å². The van der Waals surface area contributed by atoms with Crippen LogP contribution in [0.2, 0.25) is 0 Å². The highest BCUT2D eigenvalue weighted by Crippen LogP contribution is 2.21. The molecule has 1 rings (SSSR count). The van der Waals surface area contributed by atoms with Gasteiger partial charge >= 0.3 is 0 Å². The molecule has 0 aromatic heterocycles. The van der Waals surface area contributed by atoms with Crippen molar-refractivity contribution in [3.05, 3.63) is 41.5 Å². The van der Waals surface area contributed by atoms with E-state index in [1.807, 2.05) is 0 Å². The van der Waals surface area contributed by atoms with Gasteiger partial charge in [-0.05, 0) is 31.2 Å². The molecule has 0 fully saturated rings. The first-order valence-electron chi connectivity index (χ1n) is 10.6. The Bertz CT molecular complexity index is 383. The summed E-state index contributed by atoms with van der Waals surface area (Å²) < 4.78 is 0. The van der Waals surface area contributed by atoms with Gasteiger partial charge in [0.1, 0.15) is 0 Å². The first-order chi connectivity index (χ1) is 11.9. The van der Waals surface area contributed by atoms with Crippen molar-refractivity contribution in [2.24, 2.45) is 0 Å². The molecule has 0 bridgehead atoms. The van der Waals surface area contributed by atoms with Crippen molar-refractivity contribution in [3.8, 4) is 0 Å². The van der Waals surface area contributed by atoms with Crippen LogP contribution in [0.25, 0.3) is 6.08 Å². The molecule has 0 N–H and O–H groups in total. The van der Waals surface area contributed by atoms with Crippen molar-refractivity contribution in [1.82, 2.24) is 0 Å². The van der Waals surface area contributed by atoms with Gasteiger partial charge in [-0.3, -0.25) is 0 Å². The van der Waals surface area contributed by atoms with Crippen LogP contribution in [0.15, 0.2) is 35.9 Å². The van der Waals surface area contributed by atoms with Gasteiger partial charge in [0.25, 0.3) is 0 Å². The van der Waals surface area contributed by atoms with Crippen molar-refractivity contribution in [3.63, 3.8) is 0 Å². The van der Waals surface area contributed by atoms with Gasteiger partial charge in [-0.25, -0.2) is 0 Å².